The van der Waals surface area contributed by atoms with Gasteiger partial charge < -0.3 is 19.7 Å². The van der Waals surface area contributed by atoms with E-state index >= 15 is 0 Å². The molecule has 0 amide bonds. The molecule has 6 nitrogen and oxygen atoms in total. The second kappa shape index (κ2) is 7.76. The molecule has 0 unspecified atom stereocenters. The Kier molecular flexibility index (Phi) is 5.02. The van der Waals surface area contributed by atoms with E-state index in [1.807, 2.05) is 31.2 Å². The first-order valence-corrected chi connectivity index (χ1v) is 9.34. The number of hydrogen-bond acceptors (Lipinski definition) is 6. The molecule has 0 radical (unpaired) electrons. The lowest BCUT2D eigenvalue weighted by Gasteiger charge is -2.19. The number of fused-ring (bicyclic) bond motifs is 1. The summed E-state index contributed by atoms with van der Waals surface area (Å²) >= 11 is 0. The topological polar surface area (TPSA) is 59.5 Å². The zero-order valence-electron chi connectivity index (χ0n) is 16.4. The van der Waals surface area contributed by atoms with Crippen molar-refractivity contribution < 1.29 is 9.47 Å². The van der Waals surface area contributed by atoms with Crippen molar-refractivity contribution in [2.45, 2.75) is 19.9 Å². The maximum atomic E-state index is 5.38. The SMILES string of the molecule is COc1ccc(CNc2nc(C)cc(N3CCc4ccccc43)n2)cc1OC. The van der Waals surface area contributed by atoms with E-state index in [0.717, 1.165) is 30.0 Å². The molecule has 0 fully saturated rings. The third kappa shape index (κ3) is 3.58. The molecule has 4 rings (SSSR count). The van der Waals surface area contributed by atoms with Crippen molar-refractivity contribution in [3.8, 4) is 11.5 Å². The number of methoxy groups -OCH3 is 2. The summed E-state index contributed by atoms with van der Waals surface area (Å²) in [5.74, 6) is 2.97. The number of rotatable bonds is 6. The Balaban J connectivity index is 1.54. The standard InChI is InChI=1S/C22H24N4O2/c1-15-12-21(26-11-10-17-6-4-5-7-18(17)26)25-22(24-15)23-14-16-8-9-19(27-2)20(13-16)28-3/h4-9,12-13H,10-11,14H2,1-3H3,(H,23,24,25). The van der Waals surface area contributed by atoms with Crippen LogP contribution in [0.15, 0.2) is 48.5 Å². The van der Waals surface area contributed by atoms with Crippen molar-refractivity contribution >= 4 is 17.5 Å². The molecule has 2 aromatic carbocycles. The van der Waals surface area contributed by atoms with Crippen molar-refractivity contribution in [1.29, 1.82) is 0 Å². The summed E-state index contributed by atoms with van der Waals surface area (Å²) in [5, 5.41) is 3.33. The molecule has 0 saturated heterocycles. The summed E-state index contributed by atoms with van der Waals surface area (Å²) in [6.45, 7) is 3.53. The maximum absolute atomic E-state index is 5.38. The van der Waals surface area contributed by atoms with Crippen LogP contribution in [-0.2, 0) is 13.0 Å². The van der Waals surface area contributed by atoms with Crippen molar-refractivity contribution in [2.24, 2.45) is 0 Å². The van der Waals surface area contributed by atoms with Crippen LogP contribution in [0.4, 0.5) is 17.5 Å². The van der Waals surface area contributed by atoms with Gasteiger partial charge >= 0.3 is 0 Å². The van der Waals surface area contributed by atoms with E-state index in [0.29, 0.717) is 24.0 Å². The lowest BCUT2D eigenvalue weighted by Crippen LogP contribution is -2.16. The summed E-state index contributed by atoms with van der Waals surface area (Å²) < 4.78 is 10.7. The molecule has 0 spiro atoms. The van der Waals surface area contributed by atoms with E-state index in [9.17, 15) is 0 Å². The first-order valence-electron chi connectivity index (χ1n) is 9.34. The van der Waals surface area contributed by atoms with Crippen LogP contribution in [-0.4, -0.2) is 30.7 Å². The summed E-state index contributed by atoms with van der Waals surface area (Å²) in [6.07, 6.45) is 1.04. The van der Waals surface area contributed by atoms with Gasteiger partial charge in [0.05, 0.1) is 14.2 Å². The molecule has 1 aliphatic rings. The second-order valence-electron chi connectivity index (χ2n) is 6.76. The van der Waals surface area contributed by atoms with Crippen molar-refractivity contribution in [1.82, 2.24) is 9.97 Å². The molecular formula is C22H24N4O2. The minimum atomic E-state index is 0.597. The van der Waals surface area contributed by atoms with Crippen LogP contribution in [0.1, 0.15) is 16.8 Å². The predicted octanol–water partition coefficient (Wildman–Crippen LogP) is 4.11. The summed E-state index contributed by atoms with van der Waals surface area (Å²) in [6, 6.07) is 16.4. The lowest BCUT2D eigenvalue weighted by molar-refractivity contribution is 0.354. The van der Waals surface area contributed by atoms with E-state index in [1.54, 1.807) is 14.2 Å². The molecule has 3 aromatic rings. The van der Waals surface area contributed by atoms with Crippen LogP contribution < -0.4 is 19.7 Å². The molecule has 6 heteroatoms. The fourth-order valence-electron chi connectivity index (χ4n) is 3.52. The molecule has 28 heavy (non-hydrogen) atoms. The first kappa shape index (κ1) is 18.1. The van der Waals surface area contributed by atoms with E-state index in [4.69, 9.17) is 14.5 Å². The third-order valence-electron chi connectivity index (χ3n) is 4.90. The molecule has 0 atom stereocenters. The highest BCUT2D eigenvalue weighted by atomic mass is 16.5. The maximum Gasteiger partial charge on any atom is 0.225 e. The average Bonchev–Trinajstić information content (AvgIpc) is 3.16. The molecule has 0 saturated carbocycles. The largest absolute Gasteiger partial charge is 0.493 e. The number of aryl methyl sites for hydroxylation is 1. The van der Waals surface area contributed by atoms with Gasteiger partial charge in [0.1, 0.15) is 5.82 Å². The highest BCUT2D eigenvalue weighted by Gasteiger charge is 2.21. The quantitative estimate of drug-likeness (QED) is 0.699. The zero-order valence-corrected chi connectivity index (χ0v) is 16.4. The summed E-state index contributed by atoms with van der Waals surface area (Å²) in [7, 11) is 3.27. The van der Waals surface area contributed by atoms with E-state index in [-0.39, 0.29) is 0 Å². The Morgan fingerprint density at radius 3 is 2.64 bits per heavy atom. The van der Waals surface area contributed by atoms with Gasteiger partial charge in [0, 0.05) is 30.5 Å². The van der Waals surface area contributed by atoms with Crippen LogP contribution >= 0.6 is 0 Å². The molecule has 144 valence electrons. The zero-order chi connectivity index (χ0) is 19.5. The van der Waals surface area contributed by atoms with Crippen molar-refractivity contribution in [3.05, 3.63) is 65.4 Å². The highest BCUT2D eigenvalue weighted by molar-refractivity contribution is 5.68. The summed E-state index contributed by atoms with van der Waals surface area (Å²) in [5.41, 5.74) is 4.59. The van der Waals surface area contributed by atoms with Gasteiger partial charge in [-0.15, -0.1) is 0 Å². The fourth-order valence-corrected chi connectivity index (χ4v) is 3.52. The molecule has 1 N–H and O–H groups in total. The Hall–Kier alpha value is -3.28. The minimum Gasteiger partial charge on any atom is -0.493 e. The minimum absolute atomic E-state index is 0.597. The van der Waals surface area contributed by atoms with Gasteiger partial charge in [-0.3, -0.25) is 0 Å². The number of aromatic nitrogens is 2. The fraction of sp³-hybridized carbons (Fsp3) is 0.273. The molecule has 0 bridgehead atoms. The van der Waals surface area contributed by atoms with Crippen molar-refractivity contribution in [2.75, 3.05) is 31.0 Å². The normalized spacial score (nSPS) is 12.6. The number of nitrogens with one attached hydrogen (secondary N) is 1. The molecule has 1 aromatic heterocycles. The molecular weight excluding hydrogens is 352 g/mol. The Labute approximate surface area is 165 Å². The number of anilines is 3. The van der Waals surface area contributed by atoms with Gasteiger partial charge in [0.15, 0.2) is 11.5 Å². The number of hydrogen-bond donors (Lipinski definition) is 1. The van der Waals surface area contributed by atoms with Crippen LogP contribution in [0.5, 0.6) is 11.5 Å². The van der Waals surface area contributed by atoms with Crippen LogP contribution in [0.3, 0.4) is 0 Å². The average molecular weight is 376 g/mol. The third-order valence-corrected chi connectivity index (χ3v) is 4.90. The monoisotopic (exact) mass is 376 g/mol. The Bertz CT molecular complexity index is 990. The molecule has 0 aliphatic carbocycles. The second-order valence-corrected chi connectivity index (χ2v) is 6.76. The number of benzene rings is 2. The van der Waals surface area contributed by atoms with Crippen molar-refractivity contribution in [3.63, 3.8) is 0 Å². The number of para-hydroxylation sites is 1. The van der Waals surface area contributed by atoms with Gasteiger partial charge in [0.2, 0.25) is 5.95 Å². The smallest absolute Gasteiger partial charge is 0.225 e. The molecule has 1 aliphatic heterocycles. The van der Waals surface area contributed by atoms with Gasteiger partial charge in [0.25, 0.3) is 0 Å². The van der Waals surface area contributed by atoms with Gasteiger partial charge in [-0.1, -0.05) is 24.3 Å². The van der Waals surface area contributed by atoms with Crippen LogP contribution in [0.25, 0.3) is 0 Å². The number of nitrogens with zero attached hydrogens (tertiary/aromatic N) is 3. The van der Waals surface area contributed by atoms with Gasteiger partial charge in [-0.25, -0.2) is 4.98 Å². The van der Waals surface area contributed by atoms with E-state index in [1.165, 1.54) is 11.3 Å². The van der Waals surface area contributed by atoms with Crippen LogP contribution in [0, 0.1) is 6.92 Å². The lowest BCUT2D eigenvalue weighted by atomic mass is 10.2. The van der Waals surface area contributed by atoms with Gasteiger partial charge in [-0.2, -0.15) is 4.98 Å². The first-order chi connectivity index (χ1) is 13.7. The van der Waals surface area contributed by atoms with E-state index in [2.05, 4.69) is 39.5 Å². The van der Waals surface area contributed by atoms with E-state index < -0.39 is 0 Å². The Morgan fingerprint density at radius 1 is 1.00 bits per heavy atom. The number of ether oxygens (including phenoxy) is 2. The summed E-state index contributed by atoms with van der Waals surface area (Å²) in [4.78, 5) is 11.6. The van der Waals surface area contributed by atoms with Gasteiger partial charge in [-0.05, 0) is 42.7 Å². The van der Waals surface area contributed by atoms with Crippen LogP contribution in [0.2, 0.25) is 0 Å². The highest BCUT2D eigenvalue weighted by Crippen LogP contribution is 2.34. The molecule has 2 heterocycles. The Morgan fingerprint density at radius 2 is 1.82 bits per heavy atom. The predicted molar refractivity (Wildman–Crippen MR) is 111 cm³/mol.